The van der Waals surface area contributed by atoms with Gasteiger partial charge < -0.3 is 4.74 Å². The van der Waals surface area contributed by atoms with E-state index >= 15 is 0 Å². The Labute approximate surface area is 91.4 Å². The number of aromatic nitrogens is 1. The SMILES string of the molecule is COC(=O)c1cc(C#CC#N)cnc1Cl. The van der Waals surface area contributed by atoms with Crippen LogP contribution in [-0.2, 0) is 4.74 Å². The zero-order valence-corrected chi connectivity index (χ0v) is 8.50. The van der Waals surface area contributed by atoms with Crippen LogP contribution in [0.15, 0.2) is 12.3 Å². The van der Waals surface area contributed by atoms with Crippen molar-refractivity contribution in [2.45, 2.75) is 0 Å². The largest absolute Gasteiger partial charge is 0.465 e. The maximum atomic E-state index is 11.2. The Morgan fingerprint density at radius 2 is 2.40 bits per heavy atom. The highest BCUT2D eigenvalue weighted by molar-refractivity contribution is 6.32. The number of carbonyl (C=O) groups excluding carboxylic acids is 1. The highest BCUT2D eigenvalue weighted by atomic mass is 35.5. The molecule has 0 amide bonds. The molecule has 0 atom stereocenters. The molecular weight excluding hydrogens is 216 g/mol. The van der Waals surface area contributed by atoms with Crippen molar-refractivity contribution in [1.82, 2.24) is 4.98 Å². The third-order valence-electron chi connectivity index (χ3n) is 1.51. The zero-order valence-electron chi connectivity index (χ0n) is 7.74. The second-order valence-corrected chi connectivity index (χ2v) is 2.77. The fraction of sp³-hybridized carbons (Fsp3) is 0.100. The van der Waals surface area contributed by atoms with E-state index in [0.29, 0.717) is 5.56 Å². The Bertz CT molecular complexity index is 494. The third kappa shape index (κ3) is 2.70. The van der Waals surface area contributed by atoms with Crippen LogP contribution >= 0.6 is 11.6 Å². The molecule has 0 fully saturated rings. The second-order valence-electron chi connectivity index (χ2n) is 2.42. The maximum absolute atomic E-state index is 11.2. The van der Waals surface area contributed by atoms with Crippen molar-refractivity contribution >= 4 is 17.6 Å². The molecule has 0 radical (unpaired) electrons. The van der Waals surface area contributed by atoms with Crippen molar-refractivity contribution in [1.29, 1.82) is 5.26 Å². The molecule has 1 aromatic rings. The molecule has 1 rings (SSSR count). The van der Waals surface area contributed by atoms with Gasteiger partial charge in [-0.3, -0.25) is 0 Å². The van der Waals surface area contributed by atoms with Crippen LogP contribution in [0, 0.1) is 23.2 Å². The third-order valence-corrected chi connectivity index (χ3v) is 1.81. The normalized spacial score (nSPS) is 8.33. The number of hydrogen-bond donors (Lipinski definition) is 0. The lowest BCUT2D eigenvalue weighted by Gasteiger charge is -2.00. The molecule has 15 heavy (non-hydrogen) atoms. The summed E-state index contributed by atoms with van der Waals surface area (Å²) in [6.07, 6.45) is 1.37. The smallest absolute Gasteiger partial charge is 0.341 e. The highest BCUT2D eigenvalue weighted by Crippen LogP contribution is 2.14. The van der Waals surface area contributed by atoms with Gasteiger partial charge in [0.25, 0.3) is 0 Å². The summed E-state index contributed by atoms with van der Waals surface area (Å²) in [5.41, 5.74) is 0.560. The van der Waals surface area contributed by atoms with Gasteiger partial charge in [-0.2, -0.15) is 5.26 Å². The van der Waals surface area contributed by atoms with E-state index in [9.17, 15) is 4.79 Å². The Hall–Kier alpha value is -2.04. The monoisotopic (exact) mass is 220 g/mol. The first-order chi connectivity index (χ1) is 7.19. The van der Waals surface area contributed by atoms with Crippen LogP contribution in [0.25, 0.3) is 0 Å². The summed E-state index contributed by atoms with van der Waals surface area (Å²) in [6, 6.07) is 3.08. The zero-order chi connectivity index (χ0) is 11.3. The van der Waals surface area contributed by atoms with Gasteiger partial charge in [0.1, 0.15) is 5.15 Å². The Balaban J connectivity index is 3.18. The predicted octanol–water partition coefficient (Wildman–Crippen LogP) is 1.40. The molecule has 0 aliphatic heterocycles. The van der Waals surface area contributed by atoms with E-state index in [0.717, 1.165) is 0 Å². The number of rotatable bonds is 1. The molecule has 0 aliphatic carbocycles. The molecule has 0 aromatic carbocycles. The lowest BCUT2D eigenvalue weighted by molar-refractivity contribution is 0.0600. The van der Waals surface area contributed by atoms with Crippen LogP contribution in [0.3, 0.4) is 0 Å². The van der Waals surface area contributed by atoms with Gasteiger partial charge in [0.2, 0.25) is 0 Å². The summed E-state index contributed by atoms with van der Waals surface area (Å²) in [5.74, 6) is 4.10. The summed E-state index contributed by atoms with van der Waals surface area (Å²) in [6.45, 7) is 0. The molecule has 4 nitrogen and oxygen atoms in total. The summed E-state index contributed by atoms with van der Waals surface area (Å²) in [7, 11) is 1.24. The topological polar surface area (TPSA) is 63.0 Å². The van der Waals surface area contributed by atoms with Crippen LogP contribution < -0.4 is 0 Å². The molecule has 0 saturated heterocycles. The molecule has 0 spiro atoms. The standard InChI is InChI=1S/C10H5ClN2O2/c1-15-10(14)8-5-7(3-2-4-12)6-13-9(8)11/h5-6H,1H3. The van der Waals surface area contributed by atoms with Gasteiger partial charge in [0.05, 0.1) is 12.7 Å². The number of halogens is 1. The lowest BCUT2D eigenvalue weighted by Crippen LogP contribution is -2.03. The van der Waals surface area contributed by atoms with Crippen LogP contribution in [-0.4, -0.2) is 18.1 Å². The number of methoxy groups -OCH3 is 1. The van der Waals surface area contributed by atoms with Crippen molar-refractivity contribution in [3.8, 4) is 17.9 Å². The number of nitrogens with zero attached hydrogens (tertiary/aromatic N) is 2. The number of ether oxygens (including phenoxy) is 1. The molecule has 0 saturated carbocycles. The number of esters is 1. The minimum absolute atomic E-state index is 0.0457. The molecule has 5 heteroatoms. The molecule has 1 aromatic heterocycles. The molecule has 0 unspecified atom stereocenters. The first-order valence-electron chi connectivity index (χ1n) is 3.83. The van der Waals surface area contributed by atoms with E-state index < -0.39 is 5.97 Å². The van der Waals surface area contributed by atoms with Gasteiger partial charge in [0, 0.05) is 17.7 Å². The predicted molar refractivity (Wildman–Crippen MR) is 53.1 cm³/mol. The van der Waals surface area contributed by atoms with E-state index in [-0.39, 0.29) is 10.7 Å². The van der Waals surface area contributed by atoms with Gasteiger partial charge >= 0.3 is 5.97 Å². The van der Waals surface area contributed by atoms with E-state index in [1.54, 1.807) is 6.07 Å². The number of pyridine rings is 1. The first kappa shape index (κ1) is 11.0. The van der Waals surface area contributed by atoms with Gasteiger partial charge in [-0.05, 0) is 12.0 Å². The Morgan fingerprint density at radius 1 is 1.67 bits per heavy atom. The molecule has 1 heterocycles. The molecular formula is C10H5ClN2O2. The van der Waals surface area contributed by atoms with Crippen LogP contribution in [0.4, 0.5) is 0 Å². The van der Waals surface area contributed by atoms with Crippen molar-refractivity contribution in [3.05, 3.63) is 28.5 Å². The molecule has 0 bridgehead atoms. The van der Waals surface area contributed by atoms with Crippen LogP contribution in [0.2, 0.25) is 5.15 Å². The average molecular weight is 221 g/mol. The minimum Gasteiger partial charge on any atom is -0.465 e. The van der Waals surface area contributed by atoms with Crippen molar-refractivity contribution in [2.24, 2.45) is 0 Å². The minimum atomic E-state index is -0.590. The number of hydrogen-bond acceptors (Lipinski definition) is 4. The van der Waals surface area contributed by atoms with E-state index in [2.05, 4.69) is 21.6 Å². The number of carbonyl (C=O) groups is 1. The van der Waals surface area contributed by atoms with Gasteiger partial charge in [-0.1, -0.05) is 11.6 Å². The number of nitriles is 1. The Morgan fingerprint density at radius 3 is 3.00 bits per heavy atom. The summed E-state index contributed by atoms with van der Waals surface area (Å²) >= 11 is 5.68. The molecule has 0 aliphatic rings. The maximum Gasteiger partial charge on any atom is 0.341 e. The second kappa shape index (κ2) is 4.99. The average Bonchev–Trinajstić information content (AvgIpc) is 2.27. The van der Waals surface area contributed by atoms with Gasteiger partial charge in [0.15, 0.2) is 6.07 Å². The fourth-order valence-corrected chi connectivity index (χ4v) is 1.05. The summed E-state index contributed by atoms with van der Waals surface area (Å²) in [4.78, 5) is 15.0. The van der Waals surface area contributed by atoms with Crippen LogP contribution in [0.5, 0.6) is 0 Å². The summed E-state index contributed by atoms with van der Waals surface area (Å²) in [5, 5.41) is 8.29. The van der Waals surface area contributed by atoms with Crippen molar-refractivity contribution < 1.29 is 9.53 Å². The van der Waals surface area contributed by atoms with Crippen LogP contribution in [0.1, 0.15) is 15.9 Å². The fourth-order valence-electron chi connectivity index (χ4n) is 0.870. The Kier molecular flexibility index (Phi) is 3.68. The van der Waals surface area contributed by atoms with E-state index in [4.69, 9.17) is 16.9 Å². The highest BCUT2D eigenvalue weighted by Gasteiger charge is 2.11. The van der Waals surface area contributed by atoms with Crippen molar-refractivity contribution in [2.75, 3.05) is 7.11 Å². The molecule has 0 N–H and O–H groups in total. The molecule has 74 valence electrons. The lowest BCUT2D eigenvalue weighted by atomic mass is 10.2. The quantitative estimate of drug-likeness (QED) is 0.408. The van der Waals surface area contributed by atoms with Gasteiger partial charge in [-0.15, -0.1) is 0 Å². The first-order valence-corrected chi connectivity index (χ1v) is 4.20. The van der Waals surface area contributed by atoms with E-state index in [1.807, 2.05) is 0 Å². The van der Waals surface area contributed by atoms with E-state index in [1.165, 1.54) is 19.4 Å². The van der Waals surface area contributed by atoms with Crippen molar-refractivity contribution in [3.63, 3.8) is 0 Å². The summed E-state index contributed by atoms with van der Waals surface area (Å²) < 4.78 is 4.50. The van der Waals surface area contributed by atoms with Gasteiger partial charge in [-0.25, -0.2) is 9.78 Å².